The maximum absolute atomic E-state index is 13.0. The van der Waals surface area contributed by atoms with Crippen LogP contribution in [-0.4, -0.2) is 33.5 Å². The number of hydrogen-bond donors (Lipinski definition) is 1. The molecule has 1 aromatic carbocycles. The molecular formula is C14H20FNO2. The summed E-state index contributed by atoms with van der Waals surface area (Å²) in [5.74, 6) is -0.196. The van der Waals surface area contributed by atoms with Crippen LogP contribution in [0.25, 0.3) is 0 Å². The van der Waals surface area contributed by atoms with Crippen LogP contribution in [0.2, 0.25) is 0 Å². The largest absolute Gasteiger partial charge is 0.383 e. The molecule has 1 saturated heterocycles. The van der Waals surface area contributed by atoms with E-state index in [-0.39, 0.29) is 11.4 Å². The fourth-order valence-corrected chi connectivity index (χ4v) is 2.45. The van der Waals surface area contributed by atoms with Crippen molar-refractivity contribution >= 4 is 0 Å². The third-order valence-corrected chi connectivity index (χ3v) is 3.51. The normalized spacial score (nSPS) is 18.8. The van der Waals surface area contributed by atoms with Crippen LogP contribution in [0.1, 0.15) is 18.4 Å². The summed E-state index contributed by atoms with van der Waals surface area (Å²) in [4.78, 5) is 0. The van der Waals surface area contributed by atoms with E-state index in [0.29, 0.717) is 6.61 Å². The molecule has 0 atom stereocenters. The Morgan fingerprint density at radius 1 is 1.28 bits per heavy atom. The number of nitrogens with one attached hydrogen (secondary N) is 1. The zero-order chi connectivity index (χ0) is 12.8. The number of hydrogen-bond acceptors (Lipinski definition) is 3. The van der Waals surface area contributed by atoms with Gasteiger partial charge >= 0.3 is 0 Å². The molecule has 1 aromatic rings. The van der Waals surface area contributed by atoms with Crippen LogP contribution in [0.4, 0.5) is 4.39 Å². The molecule has 3 nitrogen and oxygen atoms in total. The summed E-state index contributed by atoms with van der Waals surface area (Å²) in [6, 6.07) is 6.76. The van der Waals surface area contributed by atoms with Crippen molar-refractivity contribution in [3.05, 3.63) is 35.6 Å². The minimum atomic E-state index is -0.196. The first-order chi connectivity index (χ1) is 8.77. The average Bonchev–Trinajstić information content (AvgIpc) is 2.41. The van der Waals surface area contributed by atoms with Crippen molar-refractivity contribution in [3.8, 4) is 0 Å². The number of ether oxygens (including phenoxy) is 2. The van der Waals surface area contributed by atoms with Gasteiger partial charge in [-0.3, -0.25) is 0 Å². The third kappa shape index (κ3) is 3.07. The molecule has 4 heteroatoms. The smallest absolute Gasteiger partial charge is 0.123 e. The van der Waals surface area contributed by atoms with Gasteiger partial charge in [-0.1, -0.05) is 12.1 Å². The fraction of sp³-hybridized carbons (Fsp3) is 0.571. The summed E-state index contributed by atoms with van der Waals surface area (Å²) in [6.07, 6.45) is 1.81. The fourth-order valence-electron chi connectivity index (χ4n) is 2.45. The second kappa shape index (κ2) is 6.27. The van der Waals surface area contributed by atoms with Crippen LogP contribution < -0.4 is 5.32 Å². The summed E-state index contributed by atoms with van der Waals surface area (Å²) in [6.45, 7) is 2.92. The quantitative estimate of drug-likeness (QED) is 0.815. The standard InChI is InChI=1S/C14H20FNO2/c1-17-11-8-16-14(6-9-18-10-7-14)12-2-4-13(15)5-3-12/h2-5,16H,6-11H2,1H3. The van der Waals surface area contributed by atoms with Gasteiger partial charge in [-0.05, 0) is 30.5 Å². The number of halogens is 1. The molecule has 0 aliphatic carbocycles. The van der Waals surface area contributed by atoms with Crippen molar-refractivity contribution in [1.29, 1.82) is 0 Å². The Balaban J connectivity index is 2.15. The van der Waals surface area contributed by atoms with Crippen molar-refractivity contribution < 1.29 is 13.9 Å². The van der Waals surface area contributed by atoms with Crippen LogP contribution in [0, 0.1) is 5.82 Å². The molecule has 1 fully saturated rings. The van der Waals surface area contributed by atoms with Crippen LogP contribution in [0.15, 0.2) is 24.3 Å². The second-order valence-electron chi connectivity index (χ2n) is 4.62. The molecule has 0 radical (unpaired) electrons. The Hall–Kier alpha value is -0.970. The number of rotatable bonds is 5. The predicted molar refractivity (Wildman–Crippen MR) is 68.0 cm³/mol. The van der Waals surface area contributed by atoms with E-state index in [2.05, 4.69) is 5.32 Å². The van der Waals surface area contributed by atoms with Crippen molar-refractivity contribution in [3.63, 3.8) is 0 Å². The van der Waals surface area contributed by atoms with Gasteiger partial charge in [-0.15, -0.1) is 0 Å². The third-order valence-electron chi connectivity index (χ3n) is 3.51. The highest BCUT2D eigenvalue weighted by molar-refractivity contribution is 5.25. The first-order valence-electron chi connectivity index (χ1n) is 6.35. The van der Waals surface area contributed by atoms with Crippen LogP contribution in [0.3, 0.4) is 0 Å². The summed E-state index contributed by atoms with van der Waals surface area (Å²) < 4.78 is 23.5. The molecule has 18 heavy (non-hydrogen) atoms. The van der Waals surface area contributed by atoms with E-state index in [9.17, 15) is 4.39 Å². The van der Waals surface area contributed by atoms with Crippen molar-refractivity contribution in [2.75, 3.05) is 33.5 Å². The molecule has 1 aliphatic heterocycles. The van der Waals surface area contributed by atoms with Gasteiger partial charge in [0.15, 0.2) is 0 Å². The van der Waals surface area contributed by atoms with E-state index in [4.69, 9.17) is 9.47 Å². The van der Waals surface area contributed by atoms with E-state index in [1.165, 1.54) is 12.1 Å². The molecule has 1 N–H and O–H groups in total. The number of methoxy groups -OCH3 is 1. The summed E-state index contributed by atoms with van der Waals surface area (Å²) in [7, 11) is 1.69. The maximum Gasteiger partial charge on any atom is 0.123 e. The van der Waals surface area contributed by atoms with Gasteiger partial charge in [-0.2, -0.15) is 0 Å². The first-order valence-corrected chi connectivity index (χ1v) is 6.35. The molecule has 0 aromatic heterocycles. The van der Waals surface area contributed by atoms with Crippen LogP contribution in [0.5, 0.6) is 0 Å². The molecule has 2 rings (SSSR count). The van der Waals surface area contributed by atoms with Gasteiger partial charge < -0.3 is 14.8 Å². The van der Waals surface area contributed by atoms with E-state index in [0.717, 1.165) is 38.2 Å². The Kier molecular flexibility index (Phi) is 4.69. The summed E-state index contributed by atoms with van der Waals surface area (Å²) in [5, 5.41) is 3.54. The number of benzene rings is 1. The van der Waals surface area contributed by atoms with Crippen molar-refractivity contribution in [2.45, 2.75) is 18.4 Å². The Morgan fingerprint density at radius 3 is 2.56 bits per heavy atom. The molecule has 0 unspecified atom stereocenters. The van der Waals surface area contributed by atoms with E-state index < -0.39 is 0 Å². The lowest BCUT2D eigenvalue weighted by Crippen LogP contribution is -2.47. The lowest BCUT2D eigenvalue weighted by molar-refractivity contribution is 0.0336. The minimum Gasteiger partial charge on any atom is -0.383 e. The zero-order valence-electron chi connectivity index (χ0n) is 10.7. The molecule has 0 bridgehead atoms. The molecule has 0 saturated carbocycles. The van der Waals surface area contributed by atoms with Crippen molar-refractivity contribution in [1.82, 2.24) is 5.32 Å². The van der Waals surface area contributed by atoms with Gasteiger partial charge in [0.25, 0.3) is 0 Å². The minimum absolute atomic E-state index is 0.107. The average molecular weight is 253 g/mol. The maximum atomic E-state index is 13.0. The lowest BCUT2D eigenvalue weighted by atomic mass is 9.82. The van der Waals surface area contributed by atoms with Crippen molar-refractivity contribution in [2.24, 2.45) is 0 Å². The van der Waals surface area contributed by atoms with E-state index in [1.54, 1.807) is 7.11 Å². The Morgan fingerprint density at radius 2 is 1.94 bits per heavy atom. The first kappa shape index (κ1) is 13.5. The van der Waals surface area contributed by atoms with Gasteiger partial charge in [0.05, 0.1) is 6.61 Å². The molecule has 0 amide bonds. The second-order valence-corrected chi connectivity index (χ2v) is 4.62. The summed E-state index contributed by atoms with van der Waals surface area (Å²) in [5.41, 5.74) is 1.02. The van der Waals surface area contributed by atoms with Crippen LogP contribution >= 0.6 is 0 Å². The lowest BCUT2D eigenvalue weighted by Gasteiger charge is -2.38. The van der Waals surface area contributed by atoms with Crippen LogP contribution in [-0.2, 0) is 15.0 Å². The molecule has 0 spiro atoms. The Labute approximate surface area is 107 Å². The SMILES string of the molecule is COCCNC1(c2ccc(F)cc2)CCOCC1. The van der Waals surface area contributed by atoms with E-state index >= 15 is 0 Å². The topological polar surface area (TPSA) is 30.5 Å². The summed E-state index contributed by atoms with van der Waals surface area (Å²) >= 11 is 0. The van der Waals surface area contributed by atoms with E-state index in [1.807, 2.05) is 12.1 Å². The van der Waals surface area contributed by atoms with Gasteiger partial charge in [-0.25, -0.2) is 4.39 Å². The van der Waals surface area contributed by atoms with Gasteiger partial charge in [0, 0.05) is 32.4 Å². The Bertz CT molecular complexity index is 361. The zero-order valence-corrected chi connectivity index (χ0v) is 10.7. The molecule has 1 heterocycles. The molecule has 100 valence electrons. The molecule has 1 aliphatic rings. The highest BCUT2D eigenvalue weighted by Gasteiger charge is 2.33. The molecular weight excluding hydrogens is 233 g/mol. The van der Waals surface area contributed by atoms with Gasteiger partial charge in [0.1, 0.15) is 5.82 Å². The highest BCUT2D eigenvalue weighted by Crippen LogP contribution is 2.32. The highest BCUT2D eigenvalue weighted by atomic mass is 19.1. The predicted octanol–water partition coefficient (Wildman–Crippen LogP) is 2.07. The van der Waals surface area contributed by atoms with Gasteiger partial charge in [0.2, 0.25) is 0 Å². The monoisotopic (exact) mass is 253 g/mol.